The molecule has 0 amide bonds. The lowest BCUT2D eigenvalue weighted by atomic mass is 10.0. The molecule has 0 aliphatic carbocycles. The van der Waals surface area contributed by atoms with Crippen LogP contribution in [0.4, 0.5) is 0 Å². The van der Waals surface area contributed by atoms with Gasteiger partial charge >= 0.3 is 0 Å². The molecule has 0 saturated carbocycles. The number of hydrogen-bond acceptors (Lipinski definition) is 10. The van der Waals surface area contributed by atoms with Crippen LogP contribution in [0, 0.1) is 0 Å². The summed E-state index contributed by atoms with van der Waals surface area (Å²) in [5, 5.41) is 22.3. The van der Waals surface area contributed by atoms with Crippen molar-refractivity contribution in [2.24, 2.45) is 0 Å². The molecule has 2 N–H and O–H groups in total. The predicted octanol–water partition coefficient (Wildman–Crippen LogP) is 6.17. The van der Waals surface area contributed by atoms with Gasteiger partial charge in [0.2, 0.25) is 11.5 Å². The first-order valence-corrected chi connectivity index (χ1v) is 12.2. The molecule has 2 heterocycles. The van der Waals surface area contributed by atoms with Crippen molar-refractivity contribution in [3.63, 3.8) is 0 Å². The quantitative estimate of drug-likeness (QED) is 0.196. The number of aromatic hydroxyl groups is 2. The maximum absolute atomic E-state index is 12.4. The molecule has 2 aromatic heterocycles. The number of ketones is 2. The van der Waals surface area contributed by atoms with E-state index in [1.165, 1.54) is 40.6 Å². The van der Waals surface area contributed by atoms with E-state index < -0.39 is 0 Å². The SMILES string of the molecule is COc1c(O)c(C(C)=O)c(OCc2ccc(COc3c(C(C)=O)c(O)c(OC)c4occc34)cc2)c2ccoc12. The van der Waals surface area contributed by atoms with Gasteiger partial charge < -0.3 is 38.0 Å². The van der Waals surface area contributed by atoms with Crippen molar-refractivity contribution >= 4 is 33.5 Å². The first-order chi connectivity index (χ1) is 19.3. The van der Waals surface area contributed by atoms with Crippen molar-refractivity contribution in [2.45, 2.75) is 27.1 Å². The first-order valence-electron chi connectivity index (χ1n) is 12.2. The number of rotatable bonds is 10. The predicted molar refractivity (Wildman–Crippen MR) is 144 cm³/mol. The van der Waals surface area contributed by atoms with Gasteiger partial charge in [0, 0.05) is 0 Å². The van der Waals surface area contributed by atoms with Crippen LogP contribution in [-0.4, -0.2) is 36.0 Å². The molecule has 10 nitrogen and oxygen atoms in total. The monoisotopic (exact) mass is 546 g/mol. The van der Waals surface area contributed by atoms with Gasteiger partial charge in [-0.2, -0.15) is 0 Å². The highest BCUT2D eigenvalue weighted by atomic mass is 16.5. The third-order valence-corrected chi connectivity index (χ3v) is 6.49. The van der Waals surface area contributed by atoms with Crippen molar-refractivity contribution in [2.75, 3.05) is 14.2 Å². The van der Waals surface area contributed by atoms with Gasteiger partial charge in [0.15, 0.2) is 34.2 Å². The van der Waals surface area contributed by atoms with Crippen LogP contribution in [0.2, 0.25) is 0 Å². The molecule has 0 bridgehead atoms. The normalized spacial score (nSPS) is 11.1. The van der Waals surface area contributed by atoms with E-state index in [9.17, 15) is 19.8 Å². The van der Waals surface area contributed by atoms with E-state index in [2.05, 4.69) is 0 Å². The minimum absolute atomic E-state index is 0.00495. The van der Waals surface area contributed by atoms with E-state index in [-0.39, 0.29) is 81.6 Å². The second-order valence-electron chi connectivity index (χ2n) is 9.00. The molecule has 40 heavy (non-hydrogen) atoms. The Hall–Kier alpha value is -5.12. The minimum Gasteiger partial charge on any atom is -0.504 e. The highest BCUT2D eigenvalue weighted by molar-refractivity contribution is 6.09. The average molecular weight is 547 g/mol. The maximum atomic E-state index is 12.4. The van der Waals surface area contributed by atoms with Gasteiger partial charge in [-0.3, -0.25) is 9.59 Å². The third kappa shape index (κ3) is 4.43. The number of phenols is 2. The van der Waals surface area contributed by atoms with E-state index in [0.717, 1.165) is 11.1 Å². The Kier molecular flexibility index (Phi) is 7.00. The van der Waals surface area contributed by atoms with Gasteiger partial charge in [-0.15, -0.1) is 0 Å². The number of carbonyl (C=O) groups excluding carboxylic acids is 2. The van der Waals surface area contributed by atoms with Crippen molar-refractivity contribution in [1.82, 2.24) is 0 Å². The van der Waals surface area contributed by atoms with Crippen LogP contribution in [0.25, 0.3) is 21.9 Å². The van der Waals surface area contributed by atoms with E-state index in [0.29, 0.717) is 10.8 Å². The van der Waals surface area contributed by atoms with E-state index in [1.807, 2.05) is 24.3 Å². The zero-order valence-corrected chi connectivity index (χ0v) is 22.2. The molecule has 206 valence electrons. The molecule has 10 heteroatoms. The number of ether oxygens (including phenoxy) is 4. The molecule has 0 saturated heterocycles. The first kappa shape index (κ1) is 26.5. The lowest BCUT2D eigenvalue weighted by molar-refractivity contribution is 0.0996. The van der Waals surface area contributed by atoms with E-state index in [1.54, 1.807) is 12.1 Å². The smallest absolute Gasteiger partial charge is 0.205 e. The summed E-state index contributed by atoms with van der Waals surface area (Å²) in [4.78, 5) is 24.7. The lowest BCUT2D eigenvalue weighted by Gasteiger charge is -2.16. The Bertz CT molecular complexity index is 1610. The summed E-state index contributed by atoms with van der Waals surface area (Å²) < 4.78 is 33.4. The van der Waals surface area contributed by atoms with Gasteiger partial charge in [0.25, 0.3) is 0 Å². The Balaban J connectivity index is 1.37. The summed E-state index contributed by atoms with van der Waals surface area (Å²) in [6.07, 6.45) is 2.85. The van der Waals surface area contributed by atoms with E-state index in [4.69, 9.17) is 27.8 Å². The van der Waals surface area contributed by atoms with Crippen LogP contribution in [0.1, 0.15) is 45.7 Å². The number of benzene rings is 3. The topological polar surface area (TPSA) is 138 Å². The van der Waals surface area contributed by atoms with Gasteiger partial charge in [0.1, 0.15) is 35.8 Å². The summed E-state index contributed by atoms with van der Waals surface area (Å²) in [6, 6.07) is 10.6. The highest BCUT2D eigenvalue weighted by Gasteiger charge is 2.27. The van der Waals surface area contributed by atoms with Crippen LogP contribution < -0.4 is 18.9 Å². The molecule has 0 fully saturated rings. The molecule has 0 spiro atoms. The number of fused-ring (bicyclic) bond motifs is 2. The molecule has 0 atom stereocenters. The lowest BCUT2D eigenvalue weighted by Crippen LogP contribution is -2.05. The Labute approximate surface area is 228 Å². The Morgan fingerprint density at radius 1 is 0.650 bits per heavy atom. The minimum atomic E-state index is -0.386. The average Bonchev–Trinajstić information content (AvgIpc) is 3.61. The van der Waals surface area contributed by atoms with Gasteiger partial charge in [0.05, 0.1) is 37.5 Å². The molecule has 0 radical (unpaired) electrons. The van der Waals surface area contributed by atoms with Crippen molar-refractivity contribution in [3.8, 4) is 34.5 Å². The number of Topliss-reactive ketones (excluding diaryl/α,β-unsaturated/α-hetero) is 2. The number of carbonyl (C=O) groups is 2. The molecule has 0 aliphatic rings. The van der Waals surface area contributed by atoms with Gasteiger partial charge in [-0.25, -0.2) is 0 Å². The number of phenolic OH excluding ortho intramolecular Hbond substituents is 2. The molecular formula is C30H26O10. The van der Waals surface area contributed by atoms with Crippen LogP contribution in [-0.2, 0) is 13.2 Å². The Morgan fingerprint density at radius 3 is 1.35 bits per heavy atom. The van der Waals surface area contributed by atoms with Crippen molar-refractivity contribution in [3.05, 3.63) is 71.2 Å². The number of hydrogen-bond donors (Lipinski definition) is 2. The summed E-state index contributed by atoms with van der Waals surface area (Å²) >= 11 is 0. The molecule has 3 aromatic carbocycles. The standard InChI is InChI=1S/C30H26O10/c1-15(31)21-23(33)29(35-3)27-19(9-11-37-27)25(21)39-13-17-5-7-18(8-6-17)14-40-26-20-10-12-38-28(20)30(36-4)24(34)22(26)16(2)32/h5-12,33-34H,13-14H2,1-4H3. The largest absolute Gasteiger partial charge is 0.504 e. The van der Waals surface area contributed by atoms with Crippen LogP contribution in [0.3, 0.4) is 0 Å². The Morgan fingerprint density at radius 2 is 1.02 bits per heavy atom. The molecule has 5 rings (SSSR count). The second kappa shape index (κ2) is 10.6. The fourth-order valence-corrected chi connectivity index (χ4v) is 4.63. The zero-order valence-electron chi connectivity index (χ0n) is 22.2. The fraction of sp³-hybridized carbons (Fsp3) is 0.200. The molecule has 0 unspecified atom stereocenters. The van der Waals surface area contributed by atoms with Gasteiger partial charge in [-0.1, -0.05) is 24.3 Å². The maximum Gasteiger partial charge on any atom is 0.205 e. The summed E-state index contributed by atoms with van der Waals surface area (Å²) in [5.74, 6) is -0.947. The highest BCUT2D eigenvalue weighted by Crippen LogP contribution is 2.47. The second-order valence-corrected chi connectivity index (χ2v) is 9.00. The summed E-state index contributed by atoms with van der Waals surface area (Å²) in [7, 11) is 2.76. The van der Waals surface area contributed by atoms with Crippen LogP contribution >= 0.6 is 0 Å². The van der Waals surface area contributed by atoms with Crippen LogP contribution in [0.15, 0.2) is 57.8 Å². The molecule has 5 aromatic rings. The molecular weight excluding hydrogens is 520 g/mol. The van der Waals surface area contributed by atoms with E-state index >= 15 is 0 Å². The summed E-state index contributed by atoms with van der Waals surface area (Å²) in [6.45, 7) is 2.87. The van der Waals surface area contributed by atoms with Crippen molar-refractivity contribution < 1.29 is 47.6 Å². The van der Waals surface area contributed by atoms with Crippen LogP contribution in [0.5, 0.6) is 34.5 Å². The zero-order chi connectivity index (χ0) is 28.6. The van der Waals surface area contributed by atoms with Crippen molar-refractivity contribution in [1.29, 1.82) is 0 Å². The van der Waals surface area contributed by atoms with Gasteiger partial charge in [-0.05, 0) is 37.1 Å². The number of methoxy groups -OCH3 is 2. The third-order valence-electron chi connectivity index (χ3n) is 6.49. The number of furan rings is 2. The molecule has 0 aliphatic heterocycles. The fourth-order valence-electron chi connectivity index (χ4n) is 4.63. The summed E-state index contributed by atoms with van der Waals surface area (Å²) in [5.41, 5.74) is 2.13.